The minimum absolute atomic E-state index is 0.374. The number of fused-ring (bicyclic) bond motifs is 2. The van der Waals surface area contributed by atoms with E-state index >= 15 is 0 Å². The lowest BCUT2D eigenvalue weighted by atomic mass is 10.2. The zero-order valence-electron chi connectivity index (χ0n) is 16.5. The molecule has 0 saturated carbocycles. The van der Waals surface area contributed by atoms with E-state index in [9.17, 15) is 5.21 Å². The molecule has 0 unspecified atom stereocenters. The molecule has 31 heavy (non-hydrogen) atoms. The van der Waals surface area contributed by atoms with E-state index in [0.29, 0.717) is 46.7 Å². The molecule has 0 bridgehead atoms. The standard InChI is InChI=1S/C24H19N3O4/c28-26-21-15-24(22-13-17-5-4-10-27(17)16-25-22)31-23-9-8-19(14-20(21)23)30-12-11-29-18-6-2-1-3-7-18/h1-10,13-16,28H,11-12H2/b26-21+. The highest BCUT2D eigenvalue weighted by atomic mass is 16.5. The molecule has 0 radical (unpaired) electrons. The van der Waals surface area contributed by atoms with Crippen molar-refractivity contribution in [1.82, 2.24) is 9.38 Å². The maximum atomic E-state index is 9.57. The fraction of sp³-hybridized carbons (Fsp3) is 0.0833. The number of para-hydroxylation sites is 1. The molecule has 0 saturated heterocycles. The maximum absolute atomic E-state index is 9.57. The SMILES string of the molecule is O/N=c1\cc(-c2cc3cccn3cn2)oc2ccc(OCCOc3ccccc3)cc12. The van der Waals surface area contributed by atoms with Gasteiger partial charge in [-0.25, -0.2) is 4.98 Å². The second-order valence-electron chi connectivity index (χ2n) is 6.88. The van der Waals surface area contributed by atoms with Gasteiger partial charge in [0.25, 0.3) is 0 Å². The van der Waals surface area contributed by atoms with Gasteiger partial charge in [-0.05, 0) is 48.5 Å². The van der Waals surface area contributed by atoms with Crippen molar-refractivity contribution in [3.05, 3.63) is 90.7 Å². The molecule has 2 aromatic carbocycles. The average molecular weight is 413 g/mol. The van der Waals surface area contributed by atoms with Crippen LogP contribution in [0.15, 0.2) is 94.9 Å². The van der Waals surface area contributed by atoms with Gasteiger partial charge in [0, 0.05) is 17.8 Å². The smallest absolute Gasteiger partial charge is 0.155 e. The minimum Gasteiger partial charge on any atom is -0.490 e. The van der Waals surface area contributed by atoms with Gasteiger partial charge in [0.15, 0.2) is 5.76 Å². The molecule has 3 aromatic heterocycles. The molecule has 0 atom stereocenters. The van der Waals surface area contributed by atoms with Crippen LogP contribution in [-0.2, 0) is 0 Å². The van der Waals surface area contributed by atoms with Crippen LogP contribution in [0.25, 0.3) is 27.9 Å². The molecule has 3 heterocycles. The summed E-state index contributed by atoms with van der Waals surface area (Å²) in [6.07, 6.45) is 3.64. The molecular formula is C24H19N3O4. The molecule has 5 aromatic rings. The Labute approximate surface area is 177 Å². The summed E-state index contributed by atoms with van der Waals surface area (Å²) in [4.78, 5) is 4.43. The third-order valence-electron chi connectivity index (χ3n) is 4.86. The summed E-state index contributed by atoms with van der Waals surface area (Å²) < 4.78 is 19.4. The van der Waals surface area contributed by atoms with Crippen molar-refractivity contribution in [1.29, 1.82) is 0 Å². The van der Waals surface area contributed by atoms with Crippen molar-refractivity contribution >= 4 is 16.5 Å². The fourth-order valence-electron chi connectivity index (χ4n) is 3.35. The summed E-state index contributed by atoms with van der Waals surface area (Å²) in [6.45, 7) is 0.791. The van der Waals surface area contributed by atoms with E-state index in [0.717, 1.165) is 11.3 Å². The number of rotatable bonds is 6. The Kier molecular flexibility index (Phi) is 4.98. The van der Waals surface area contributed by atoms with E-state index in [1.807, 2.05) is 65.2 Å². The van der Waals surface area contributed by atoms with Crippen molar-refractivity contribution in [3.63, 3.8) is 0 Å². The van der Waals surface area contributed by atoms with Crippen LogP contribution in [0, 0.1) is 0 Å². The van der Waals surface area contributed by atoms with E-state index in [1.165, 1.54) is 0 Å². The molecule has 0 aliphatic carbocycles. The van der Waals surface area contributed by atoms with Gasteiger partial charge in [-0.2, -0.15) is 0 Å². The van der Waals surface area contributed by atoms with Crippen molar-refractivity contribution in [3.8, 4) is 23.0 Å². The topological polar surface area (TPSA) is 81.5 Å². The van der Waals surface area contributed by atoms with Gasteiger partial charge in [-0.1, -0.05) is 23.4 Å². The maximum Gasteiger partial charge on any atom is 0.155 e. The molecule has 7 heteroatoms. The van der Waals surface area contributed by atoms with Crippen LogP contribution in [0.2, 0.25) is 0 Å². The van der Waals surface area contributed by atoms with Gasteiger partial charge >= 0.3 is 0 Å². The van der Waals surface area contributed by atoms with E-state index in [1.54, 1.807) is 24.5 Å². The highest BCUT2D eigenvalue weighted by molar-refractivity contribution is 5.80. The third kappa shape index (κ3) is 3.93. The van der Waals surface area contributed by atoms with Crippen molar-refractivity contribution in [2.75, 3.05) is 13.2 Å². The second kappa shape index (κ2) is 8.23. The van der Waals surface area contributed by atoms with Crippen LogP contribution in [-0.4, -0.2) is 27.8 Å². The van der Waals surface area contributed by atoms with Crippen LogP contribution in [0.1, 0.15) is 0 Å². The van der Waals surface area contributed by atoms with E-state index in [-0.39, 0.29) is 0 Å². The number of benzene rings is 2. The van der Waals surface area contributed by atoms with Gasteiger partial charge < -0.3 is 23.5 Å². The van der Waals surface area contributed by atoms with Crippen LogP contribution >= 0.6 is 0 Å². The Bertz CT molecular complexity index is 1410. The highest BCUT2D eigenvalue weighted by Gasteiger charge is 2.10. The largest absolute Gasteiger partial charge is 0.490 e. The van der Waals surface area contributed by atoms with Gasteiger partial charge in [-0.15, -0.1) is 0 Å². The van der Waals surface area contributed by atoms with Crippen molar-refractivity contribution in [2.45, 2.75) is 0 Å². The molecule has 0 aliphatic heterocycles. The fourth-order valence-corrected chi connectivity index (χ4v) is 3.35. The van der Waals surface area contributed by atoms with Crippen molar-refractivity contribution < 1.29 is 19.1 Å². The van der Waals surface area contributed by atoms with Crippen LogP contribution in [0.5, 0.6) is 11.5 Å². The summed E-state index contributed by atoms with van der Waals surface area (Å²) in [5.41, 5.74) is 2.20. The summed E-state index contributed by atoms with van der Waals surface area (Å²) >= 11 is 0. The predicted octanol–water partition coefficient (Wildman–Crippen LogP) is 4.50. The first kappa shape index (κ1) is 18.7. The summed E-state index contributed by atoms with van der Waals surface area (Å²) in [6, 6.07) is 22.4. The summed E-state index contributed by atoms with van der Waals surface area (Å²) in [5.74, 6) is 1.93. The number of hydrogen-bond acceptors (Lipinski definition) is 6. The quantitative estimate of drug-likeness (QED) is 0.252. The molecule has 0 amide bonds. The normalized spacial score (nSPS) is 11.8. The molecule has 5 rings (SSSR count). The van der Waals surface area contributed by atoms with Crippen molar-refractivity contribution in [2.24, 2.45) is 5.16 Å². The first-order chi connectivity index (χ1) is 15.3. The Morgan fingerprint density at radius 2 is 1.74 bits per heavy atom. The molecule has 0 aliphatic rings. The zero-order valence-corrected chi connectivity index (χ0v) is 16.5. The molecule has 0 spiro atoms. The predicted molar refractivity (Wildman–Crippen MR) is 115 cm³/mol. The van der Waals surface area contributed by atoms with Crippen LogP contribution in [0.4, 0.5) is 0 Å². The monoisotopic (exact) mass is 413 g/mol. The van der Waals surface area contributed by atoms with Gasteiger partial charge in [0.05, 0.1) is 11.7 Å². The van der Waals surface area contributed by atoms with E-state index < -0.39 is 0 Å². The molecule has 7 nitrogen and oxygen atoms in total. The minimum atomic E-state index is 0.374. The van der Waals surface area contributed by atoms with Crippen LogP contribution < -0.4 is 14.8 Å². The lowest BCUT2D eigenvalue weighted by molar-refractivity contribution is 0.217. The number of aromatic nitrogens is 2. The zero-order chi connectivity index (χ0) is 21.0. The second-order valence-corrected chi connectivity index (χ2v) is 6.88. The van der Waals surface area contributed by atoms with Gasteiger partial charge in [-0.3, -0.25) is 0 Å². The Morgan fingerprint density at radius 3 is 2.58 bits per heavy atom. The lowest BCUT2D eigenvalue weighted by Crippen LogP contribution is -2.09. The number of hydrogen-bond donors (Lipinski definition) is 1. The first-order valence-electron chi connectivity index (χ1n) is 9.80. The van der Waals surface area contributed by atoms with Gasteiger partial charge in [0.2, 0.25) is 0 Å². The van der Waals surface area contributed by atoms with Gasteiger partial charge in [0.1, 0.15) is 41.3 Å². The van der Waals surface area contributed by atoms with Crippen LogP contribution in [0.3, 0.4) is 0 Å². The number of ether oxygens (including phenoxy) is 2. The molecule has 0 fully saturated rings. The molecule has 154 valence electrons. The highest BCUT2D eigenvalue weighted by Crippen LogP contribution is 2.24. The summed E-state index contributed by atoms with van der Waals surface area (Å²) in [7, 11) is 0. The van der Waals surface area contributed by atoms with E-state index in [4.69, 9.17) is 13.9 Å². The van der Waals surface area contributed by atoms with E-state index in [2.05, 4.69) is 10.1 Å². The Balaban J connectivity index is 1.38. The Morgan fingerprint density at radius 1 is 0.903 bits per heavy atom. The molecular weight excluding hydrogens is 394 g/mol. The Hall–Kier alpha value is -4.26. The first-order valence-corrected chi connectivity index (χ1v) is 9.80. The number of nitrogens with zero attached hydrogens (tertiary/aromatic N) is 3. The summed E-state index contributed by atoms with van der Waals surface area (Å²) in [5, 5.41) is 14.0. The average Bonchev–Trinajstić information content (AvgIpc) is 3.30. The lowest BCUT2D eigenvalue weighted by Gasteiger charge is -2.09. The molecule has 1 N–H and O–H groups in total. The third-order valence-corrected chi connectivity index (χ3v) is 4.86.